The van der Waals surface area contributed by atoms with Crippen LogP contribution in [0.4, 0.5) is 0 Å². The molecule has 1 aliphatic heterocycles. The van der Waals surface area contributed by atoms with Crippen molar-refractivity contribution in [3.8, 4) is 5.75 Å². The van der Waals surface area contributed by atoms with E-state index in [0.29, 0.717) is 22.3 Å². The minimum absolute atomic E-state index is 0.0535. The van der Waals surface area contributed by atoms with Crippen LogP contribution in [-0.4, -0.2) is 16.6 Å². The summed E-state index contributed by atoms with van der Waals surface area (Å²) in [5, 5.41) is 11.9. The maximum Gasteiger partial charge on any atom is 0.120 e. The zero-order valence-corrected chi connectivity index (χ0v) is 16.5. The number of benzene rings is 2. The predicted molar refractivity (Wildman–Crippen MR) is 106 cm³/mol. The van der Waals surface area contributed by atoms with Crippen LogP contribution in [0.5, 0.6) is 5.75 Å². The van der Waals surface area contributed by atoms with Crippen molar-refractivity contribution in [2.45, 2.75) is 51.6 Å². The van der Waals surface area contributed by atoms with Crippen LogP contribution in [-0.2, 0) is 12.0 Å². The number of phenolic OH excluding ortho intramolecular Hbond substituents is 1. The Balaban J connectivity index is 1.92. The van der Waals surface area contributed by atoms with Crippen LogP contribution < -0.4 is 0 Å². The van der Waals surface area contributed by atoms with E-state index in [9.17, 15) is 5.11 Å². The molecule has 0 amide bonds. The molecule has 0 bridgehead atoms. The molecule has 0 radical (unpaired) electrons. The molecule has 1 heterocycles. The van der Waals surface area contributed by atoms with Crippen molar-refractivity contribution in [2.75, 3.05) is 6.54 Å². The first-order chi connectivity index (χ1) is 11.8. The lowest BCUT2D eigenvalue weighted by atomic mass is 9.85. The number of likely N-dealkylation sites (tertiary alicyclic amines) is 1. The van der Waals surface area contributed by atoms with Gasteiger partial charge in [0.05, 0.1) is 0 Å². The number of rotatable bonds is 3. The molecule has 2 nitrogen and oxygen atoms in total. The summed E-state index contributed by atoms with van der Waals surface area (Å²) in [6.07, 6.45) is 2.13. The number of hydrogen-bond acceptors (Lipinski definition) is 2. The molecular weight excluding hydrogens is 353 g/mol. The molecule has 4 heteroatoms. The number of halogens is 2. The van der Waals surface area contributed by atoms with Gasteiger partial charge >= 0.3 is 0 Å². The average molecular weight is 378 g/mol. The first-order valence-electron chi connectivity index (χ1n) is 8.77. The zero-order chi connectivity index (χ0) is 18.2. The molecule has 25 heavy (non-hydrogen) atoms. The van der Waals surface area contributed by atoms with E-state index >= 15 is 0 Å². The Hall–Kier alpha value is -1.22. The number of nitrogens with zero attached hydrogens (tertiary/aromatic N) is 1. The molecule has 3 rings (SSSR count). The normalized spacial score (nSPS) is 18.7. The van der Waals surface area contributed by atoms with Crippen molar-refractivity contribution in [1.82, 2.24) is 4.90 Å². The fraction of sp³-hybridized carbons (Fsp3) is 0.429. The fourth-order valence-corrected chi connectivity index (χ4v) is 4.06. The van der Waals surface area contributed by atoms with Crippen molar-refractivity contribution in [1.29, 1.82) is 0 Å². The van der Waals surface area contributed by atoms with Gasteiger partial charge in [0.15, 0.2) is 0 Å². The topological polar surface area (TPSA) is 23.5 Å². The molecule has 1 N–H and O–H groups in total. The van der Waals surface area contributed by atoms with Gasteiger partial charge in [-0.3, -0.25) is 4.90 Å². The van der Waals surface area contributed by atoms with Gasteiger partial charge in [0, 0.05) is 33.8 Å². The largest absolute Gasteiger partial charge is 0.508 e. The number of phenols is 1. The summed E-state index contributed by atoms with van der Waals surface area (Å²) in [5.41, 5.74) is 3.26. The van der Waals surface area contributed by atoms with E-state index in [2.05, 4.69) is 31.7 Å². The van der Waals surface area contributed by atoms with Crippen molar-refractivity contribution in [3.63, 3.8) is 0 Å². The maximum atomic E-state index is 10.5. The first-order valence-corrected chi connectivity index (χ1v) is 9.53. The molecule has 134 valence electrons. The summed E-state index contributed by atoms with van der Waals surface area (Å²) in [6, 6.07) is 11.8. The van der Waals surface area contributed by atoms with Crippen LogP contribution in [0, 0.1) is 0 Å². The number of hydrogen-bond donors (Lipinski definition) is 1. The van der Waals surface area contributed by atoms with E-state index in [4.69, 9.17) is 23.2 Å². The summed E-state index contributed by atoms with van der Waals surface area (Å²) < 4.78 is 0. The second-order valence-corrected chi connectivity index (χ2v) is 8.67. The standard InChI is InChI=1S/C21H25Cl2NO/c1-21(2,3)14-9-10-20(25)15(12-14)19-8-5-11-24(19)13-16-17(22)6-4-7-18(16)23/h4,6-7,9-10,12,19,25H,5,8,11,13H2,1-3H3. The minimum atomic E-state index is 0.0535. The van der Waals surface area contributed by atoms with Gasteiger partial charge in [0.25, 0.3) is 0 Å². The SMILES string of the molecule is CC(C)(C)c1ccc(O)c(C2CCCN2Cc2c(Cl)cccc2Cl)c1. The van der Waals surface area contributed by atoms with Crippen LogP contribution in [0.15, 0.2) is 36.4 Å². The molecule has 0 aliphatic carbocycles. The third kappa shape index (κ3) is 3.97. The Morgan fingerprint density at radius 1 is 1.12 bits per heavy atom. The third-order valence-corrected chi connectivity index (χ3v) is 5.75. The van der Waals surface area contributed by atoms with Crippen LogP contribution in [0.3, 0.4) is 0 Å². The van der Waals surface area contributed by atoms with Crippen molar-refractivity contribution >= 4 is 23.2 Å². The smallest absolute Gasteiger partial charge is 0.120 e. The highest BCUT2D eigenvalue weighted by atomic mass is 35.5. The lowest BCUT2D eigenvalue weighted by Gasteiger charge is -2.28. The maximum absolute atomic E-state index is 10.5. The second-order valence-electron chi connectivity index (χ2n) is 7.85. The van der Waals surface area contributed by atoms with E-state index in [1.165, 1.54) is 5.56 Å². The van der Waals surface area contributed by atoms with Crippen molar-refractivity contribution in [2.24, 2.45) is 0 Å². The zero-order valence-electron chi connectivity index (χ0n) is 15.0. The van der Waals surface area contributed by atoms with Gasteiger partial charge in [-0.15, -0.1) is 0 Å². The lowest BCUT2D eigenvalue weighted by Crippen LogP contribution is -2.23. The minimum Gasteiger partial charge on any atom is -0.508 e. The van der Waals surface area contributed by atoms with Crippen LogP contribution in [0.2, 0.25) is 10.0 Å². The molecule has 1 unspecified atom stereocenters. The molecule has 1 fully saturated rings. The Kier molecular flexibility index (Phi) is 5.34. The van der Waals surface area contributed by atoms with Gasteiger partial charge in [-0.2, -0.15) is 0 Å². The Bertz CT molecular complexity index is 747. The van der Waals surface area contributed by atoms with Gasteiger partial charge in [0.2, 0.25) is 0 Å². The fourth-order valence-electron chi connectivity index (χ4n) is 3.54. The van der Waals surface area contributed by atoms with Crippen molar-refractivity contribution in [3.05, 3.63) is 63.1 Å². The molecule has 2 aromatic carbocycles. The van der Waals surface area contributed by atoms with Gasteiger partial charge in [-0.25, -0.2) is 0 Å². The molecule has 0 saturated carbocycles. The monoisotopic (exact) mass is 377 g/mol. The molecule has 1 atom stereocenters. The summed E-state index contributed by atoms with van der Waals surface area (Å²) in [4.78, 5) is 2.37. The molecule has 1 aliphatic rings. The number of aromatic hydroxyl groups is 1. The van der Waals surface area contributed by atoms with Gasteiger partial charge in [-0.05, 0) is 54.6 Å². The highest BCUT2D eigenvalue weighted by Gasteiger charge is 2.30. The lowest BCUT2D eigenvalue weighted by molar-refractivity contribution is 0.244. The van der Waals surface area contributed by atoms with E-state index in [1.54, 1.807) is 0 Å². The molecule has 2 aromatic rings. The van der Waals surface area contributed by atoms with E-state index < -0.39 is 0 Å². The van der Waals surface area contributed by atoms with Crippen LogP contribution >= 0.6 is 23.2 Å². The predicted octanol–water partition coefficient (Wildman–Crippen LogP) is 6.33. The van der Waals surface area contributed by atoms with Gasteiger partial charge < -0.3 is 5.11 Å². The summed E-state index contributed by atoms with van der Waals surface area (Å²) in [7, 11) is 0. The van der Waals surface area contributed by atoms with Crippen LogP contribution in [0.1, 0.15) is 56.3 Å². The molecule has 1 saturated heterocycles. The molecule has 0 spiro atoms. The van der Waals surface area contributed by atoms with E-state index in [-0.39, 0.29) is 11.5 Å². The summed E-state index contributed by atoms with van der Waals surface area (Å²) in [5.74, 6) is 0.371. The Morgan fingerprint density at radius 3 is 2.44 bits per heavy atom. The molecular formula is C21H25Cl2NO. The summed E-state index contributed by atoms with van der Waals surface area (Å²) in [6.45, 7) is 8.26. The first kappa shape index (κ1) is 18.6. The quantitative estimate of drug-likeness (QED) is 0.674. The van der Waals surface area contributed by atoms with E-state index in [0.717, 1.165) is 30.5 Å². The Morgan fingerprint density at radius 2 is 1.80 bits per heavy atom. The highest BCUT2D eigenvalue weighted by Crippen LogP contribution is 2.40. The molecule has 0 aromatic heterocycles. The van der Waals surface area contributed by atoms with Crippen molar-refractivity contribution < 1.29 is 5.11 Å². The second kappa shape index (κ2) is 7.19. The van der Waals surface area contributed by atoms with Gasteiger partial charge in [0.1, 0.15) is 5.75 Å². The van der Waals surface area contributed by atoms with Crippen LogP contribution in [0.25, 0.3) is 0 Å². The Labute approximate surface area is 160 Å². The van der Waals surface area contributed by atoms with Gasteiger partial charge in [-0.1, -0.05) is 56.1 Å². The average Bonchev–Trinajstić information content (AvgIpc) is 2.98. The highest BCUT2D eigenvalue weighted by molar-refractivity contribution is 6.35. The summed E-state index contributed by atoms with van der Waals surface area (Å²) >= 11 is 12.7. The third-order valence-electron chi connectivity index (χ3n) is 5.04. The van der Waals surface area contributed by atoms with E-state index in [1.807, 2.05) is 30.3 Å².